The van der Waals surface area contributed by atoms with Gasteiger partial charge in [-0.25, -0.2) is 4.98 Å². The molecule has 0 aromatic carbocycles. The fourth-order valence-electron chi connectivity index (χ4n) is 6.00. The third-order valence-electron chi connectivity index (χ3n) is 8.43. The Hall–Kier alpha value is -4.02. The maximum Gasteiger partial charge on any atom is 0.245 e. The molecular weight excluding hydrogens is 566 g/mol. The highest BCUT2D eigenvalue weighted by Crippen LogP contribution is 2.48. The summed E-state index contributed by atoms with van der Waals surface area (Å²) in [5.41, 5.74) is 7.45. The zero-order valence-corrected chi connectivity index (χ0v) is 26.1. The van der Waals surface area contributed by atoms with Crippen molar-refractivity contribution in [2.24, 2.45) is 0 Å². The van der Waals surface area contributed by atoms with E-state index < -0.39 is 5.41 Å². The predicted octanol–water partition coefficient (Wildman–Crippen LogP) is 3.63. The van der Waals surface area contributed by atoms with Gasteiger partial charge in [0.25, 0.3) is 0 Å². The van der Waals surface area contributed by atoms with Crippen LogP contribution in [0.2, 0.25) is 0 Å². The molecular formula is C30H39N9O3S. The molecule has 1 saturated heterocycles. The minimum absolute atomic E-state index is 0.183. The summed E-state index contributed by atoms with van der Waals surface area (Å²) in [5, 5.41) is 14.8. The summed E-state index contributed by atoms with van der Waals surface area (Å²) in [6.07, 6.45) is 5.73. The van der Waals surface area contributed by atoms with Gasteiger partial charge < -0.3 is 29.7 Å². The Labute approximate surface area is 256 Å². The minimum atomic E-state index is -0.641. The molecule has 3 aromatic heterocycles. The molecule has 1 aliphatic carbocycles. The van der Waals surface area contributed by atoms with Crippen LogP contribution in [0.5, 0.6) is 5.88 Å². The Morgan fingerprint density at radius 1 is 1.37 bits per heavy atom. The molecule has 0 bridgehead atoms. The molecule has 228 valence electrons. The van der Waals surface area contributed by atoms with E-state index in [9.17, 15) is 10.1 Å². The zero-order valence-electron chi connectivity index (χ0n) is 25.3. The molecule has 0 radical (unpaired) electrons. The number of likely N-dealkylation sites (N-methyl/N-ethyl adjacent to an activating group) is 2. The summed E-state index contributed by atoms with van der Waals surface area (Å²) in [4.78, 5) is 33.7. The third-order valence-corrected chi connectivity index (χ3v) is 9.51. The lowest BCUT2D eigenvalue weighted by atomic mass is 9.72. The first-order valence-electron chi connectivity index (χ1n) is 14.7. The molecule has 43 heavy (non-hydrogen) atoms. The molecule has 1 fully saturated rings. The van der Waals surface area contributed by atoms with Crippen LogP contribution in [0.4, 0.5) is 10.9 Å². The van der Waals surface area contributed by atoms with E-state index >= 15 is 0 Å². The average Bonchev–Trinajstić information content (AvgIpc) is 3.58. The molecule has 1 aliphatic heterocycles. The molecule has 4 heterocycles. The number of hydrogen-bond acceptors (Lipinski definition) is 12. The number of carbonyl (C=O) groups is 1. The smallest absolute Gasteiger partial charge is 0.245 e. The Bertz CT molecular complexity index is 1530. The predicted molar refractivity (Wildman–Crippen MR) is 165 cm³/mol. The summed E-state index contributed by atoms with van der Waals surface area (Å²) >= 11 is 1.47. The van der Waals surface area contributed by atoms with Crippen LogP contribution in [-0.2, 0) is 16.6 Å². The standard InChI is InChI=1S/C30H39N9O3S/c1-6-19-18-37(4)12-9-13-39(19)29-33-21(16-23(34-29)41-15-14-38(5)24(40)7-2)27-35-28(42-36-27)30(3)11-8-10-22-25(30)20(17-31)26(32)43-22/h7,16,19H,2,6,8-15,18,32H2,1,3-5H3/t19-,30-/m0/s1. The molecule has 12 nitrogen and oxygen atoms in total. The van der Waals surface area contributed by atoms with Crippen LogP contribution in [0, 0.1) is 11.3 Å². The lowest BCUT2D eigenvalue weighted by molar-refractivity contribution is -0.125. The van der Waals surface area contributed by atoms with Gasteiger partial charge in [-0.05, 0) is 58.7 Å². The maximum atomic E-state index is 11.9. The molecule has 0 saturated carbocycles. The average molecular weight is 606 g/mol. The van der Waals surface area contributed by atoms with E-state index in [2.05, 4.69) is 41.6 Å². The van der Waals surface area contributed by atoms with Gasteiger partial charge in [0.2, 0.25) is 29.5 Å². The molecule has 1 amide bonds. The summed E-state index contributed by atoms with van der Waals surface area (Å²) < 4.78 is 12.0. The Morgan fingerprint density at radius 3 is 2.93 bits per heavy atom. The van der Waals surface area contributed by atoms with Crippen LogP contribution in [0.15, 0.2) is 23.2 Å². The van der Waals surface area contributed by atoms with Gasteiger partial charge in [0, 0.05) is 42.7 Å². The Balaban J connectivity index is 1.51. The molecule has 0 spiro atoms. The number of thiophene rings is 1. The number of ether oxygens (including phenoxy) is 1. The van der Waals surface area contributed by atoms with Crippen LogP contribution >= 0.6 is 11.3 Å². The molecule has 0 unspecified atom stereocenters. The highest BCUT2D eigenvalue weighted by molar-refractivity contribution is 7.16. The first-order valence-corrected chi connectivity index (χ1v) is 15.5. The second-order valence-electron chi connectivity index (χ2n) is 11.4. The summed E-state index contributed by atoms with van der Waals surface area (Å²) in [5.74, 6) is 1.46. The van der Waals surface area contributed by atoms with Crippen molar-refractivity contribution in [3.05, 3.63) is 40.6 Å². The van der Waals surface area contributed by atoms with Crippen LogP contribution in [0.25, 0.3) is 11.5 Å². The van der Waals surface area contributed by atoms with Gasteiger partial charge in [-0.1, -0.05) is 18.7 Å². The van der Waals surface area contributed by atoms with Crippen molar-refractivity contribution >= 4 is 28.2 Å². The number of nitrogen functional groups attached to an aromatic ring is 1. The lowest BCUT2D eigenvalue weighted by Gasteiger charge is -2.30. The number of nitriles is 1. The normalized spacial score (nSPS) is 20.6. The van der Waals surface area contributed by atoms with Gasteiger partial charge in [0.05, 0.1) is 17.5 Å². The number of aryl methyl sites for hydroxylation is 1. The van der Waals surface area contributed by atoms with Crippen LogP contribution < -0.4 is 15.4 Å². The molecule has 2 aliphatic rings. The number of nitrogens with two attached hydrogens (primary N) is 1. The SMILES string of the molecule is C=CC(=O)N(C)CCOc1cc(-c2noc([C@@]3(C)CCCc4sc(N)c(C#N)c43)n2)nc(N2CCCN(C)C[C@@H]2CC)n1. The molecule has 13 heteroatoms. The van der Waals surface area contributed by atoms with E-state index in [1.165, 1.54) is 22.3 Å². The van der Waals surface area contributed by atoms with Gasteiger partial charge in [-0.15, -0.1) is 11.3 Å². The van der Waals surface area contributed by atoms with Gasteiger partial charge in [0.1, 0.15) is 23.4 Å². The van der Waals surface area contributed by atoms with Crippen molar-refractivity contribution in [3.63, 3.8) is 0 Å². The van der Waals surface area contributed by atoms with Gasteiger partial charge in [-0.3, -0.25) is 4.79 Å². The summed E-state index contributed by atoms with van der Waals surface area (Å²) in [6, 6.07) is 4.22. The van der Waals surface area contributed by atoms with E-state index in [-0.39, 0.29) is 18.6 Å². The van der Waals surface area contributed by atoms with Crippen LogP contribution in [0.1, 0.15) is 61.4 Å². The van der Waals surface area contributed by atoms with E-state index in [4.69, 9.17) is 29.9 Å². The fourth-order valence-corrected chi connectivity index (χ4v) is 7.19. The molecule has 2 N–H and O–H groups in total. The van der Waals surface area contributed by atoms with Crippen LogP contribution in [0.3, 0.4) is 0 Å². The van der Waals surface area contributed by atoms with E-state index in [1.807, 2.05) is 6.92 Å². The molecule has 2 atom stereocenters. The second kappa shape index (κ2) is 12.7. The van der Waals surface area contributed by atoms with Gasteiger partial charge in [0.15, 0.2) is 0 Å². The number of rotatable bonds is 9. The lowest BCUT2D eigenvalue weighted by Crippen LogP contribution is -2.40. The number of nitrogens with zero attached hydrogens (tertiary/aromatic N) is 8. The number of aromatic nitrogens is 4. The summed E-state index contributed by atoms with van der Waals surface area (Å²) in [7, 11) is 3.83. The zero-order chi connectivity index (χ0) is 30.7. The second-order valence-corrected chi connectivity index (χ2v) is 12.6. The number of fused-ring (bicyclic) bond motifs is 1. The van der Waals surface area contributed by atoms with E-state index in [0.29, 0.717) is 46.3 Å². The molecule has 5 rings (SSSR count). The molecule has 3 aromatic rings. The highest BCUT2D eigenvalue weighted by atomic mass is 32.1. The van der Waals surface area contributed by atoms with Crippen LogP contribution in [-0.4, -0.2) is 88.7 Å². The largest absolute Gasteiger partial charge is 0.476 e. The number of carbonyl (C=O) groups excluding carboxylic acids is 1. The van der Waals surface area contributed by atoms with Crippen molar-refractivity contribution in [3.8, 4) is 23.5 Å². The Morgan fingerprint density at radius 2 is 2.19 bits per heavy atom. The van der Waals surface area contributed by atoms with Crippen molar-refractivity contribution in [2.75, 3.05) is 57.5 Å². The quantitative estimate of drug-likeness (QED) is 0.356. The third kappa shape index (κ3) is 6.07. The highest BCUT2D eigenvalue weighted by Gasteiger charge is 2.43. The fraction of sp³-hybridized carbons (Fsp3) is 0.533. The minimum Gasteiger partial charge on any atom is -0.476 e. The van der Waals surface area contributed by atoms with Crippen molar-refractivity contribution in [1.82, 2.24) is 29.9 Å². The van der Waals surface area contributed by atoms with Gasteiger partial charge >= 0.3 is 0 Å². The van der Waals surface area contributed by atoms with E-state index in [0.717, 1.165) is 62.2 Å². The van der Waals surface area contributed by atoms with Crippen molar-refractivity contribution in [1.29, 1.82) is 5.26 Å². The number of anilines is 2. The topological polar surface area (TPSA) is 151 Å². The summed E-state index contributed by atoms with van der Waals surface area (Å²) in [6.45, 7) is 11.0. The number of amides is 1. The van der Waals surface area contributed by atoms with Crippen molar-refractivity contribution < 1.29 is 14.1 Å². The number of hydrogen-bond donors (Lipinski definition) is 1. The first kappa shape index (κ1) is 30.4. The monoisotopic (exact) mass is 605 g/mol. The van der Waals surface area contributed by atoms with Gasteiger partial charge in [-0.2, -0.15) is 15.2 Å². The Kier molecular flexibility index (Phi) is 8.98. The maximum absolute atomic E-state index is 11.9. The van der Waals surface area contributed by atoms with Crippen molar-refractivity contribution in [2.45, 2.75) is 57.4 Å². The van der Waals surface area contributed by atoms with E-state index in [1.54, 1.807) is 13.1 Å². The first-order chi connectivity index (χ1) is 20.7.